The lowest BCUT2D eigenvalue weighted by Gasteiger charge is -2.41. The molecule has 1 aromatic heterocycles. The Bertz CT molecular complexity index is 430. The fraction of sp³-hybridized carbons (Fsp3) is 0.636. The summed E-state index contributed by atoms with van der Waals surface area (Å²) in [6.45, 7) is 3.25. The van der Waals surface area contributed by atoms with E-state index in [0.29, 0.717) is 5.13 Å². The Balaban J connectivity index is 2.12. The highest BCUT2D eigenvalue weighted by Crippen LogP contribution is 2.31. The van der Waals surface area contributed by atoms with E-state index in [4.69, 9.17) is 15.7 Å². The molecule has 1 fully saturated rings. The molecule has 4 radical (unpaired) electrons. The Labute approximate surface area is 114 Å². The normalized spacial score (nSPS) is 17.6. The van der Waals surface area contributed by atoms with Crippen molar-refractivity contribution in [3.05, 3.63) is 11.1 Å². The Morgan fingerprint density at radius 1 is 1.44 bits per heavy atom. The van der Waals surface area contributed by atoms with Gasteiger partial charge in [-0.05, 0) is 31.3 Å². The van der Waals surface area contributed by atoms with Crippen molar-refractivity contribution in [3.63, 3.8) is 0 Å². The maximum absolute atomic E-state index is 11.0. The molecule has 1 saturated heterocycles. The first kappa shape index (κ1) is 13.6. The SMILES string of the molecule is [B]C([B])(c1cnc(NC(C)=O)s1)N1CCCCC1. The molecule has 1 aliphatic heterocycles. The molecule has 1 amide bonds. The van der Waals surface area contributed by atoms with Gasteiger partial charge in [-0.1, -0.05) is 6.42 Å². The van der Waals surface area contributed by atoms with E-state index in [1.54, 1.807) is 6.20 Å². The van der Waals surface area contributed by atoms with Gasteiger partial charge in [0, 0.05) is 18.0 Å². The second kappa shape index (κ2) is 5.45. The van der Waals surface area contributed by atoms with Gasteiger partial charge in [-0.2, -0.15) is 0 Å². The molecule has 18 heavy (non-hydrogen) atoms. The van der Waals surface area contributed by atoms with Gasteiger partial charge in [0.2, 0.25) is 5.91 Å². The summed E-state index contributed by atoms with van der Waals surface area (Å²) in [6, 6.07) is 0. The van der Waals surface area contributed by atoms with Gasteiger partial charge in [-0.25, -0.2) is 4.98 Å². The smallest absolute Gasteiger partial charge is 0.223 e. The van der Waals surface area contributed by atoms with Crippen LogP contribution in [0, 0.1) is 0 Å². The van der Waals surface area contributed by atoms with Crippen LogP contribution < -0.4 is 5.32 Å². The molecule has 7 heteroatoms. The molecule has 4 nitrogen and oxygen atoms in total. The Kier molecular flexibility index (Phi) is 4.12. The molecule has 1 aliphatic rings. The van der Waals surface area contributed by atoms with E-state index < -0.39 is 5.34 Å². The third-order valence-corrected chi connectivity index (χ3v) is 4.12. The Morgan fingerprint density at radius 3 is 2.72 bits per heavy atom. The van der Waals surface area contributed by atoms with Crippen LogP contribution >= 0.6 is 11.3 Å². The molecule has 0 spiro atoms. The van der Waals surface area contributed by atoms with Crippen molar-refractivity contribution in [2.75, 3.05) is 18.4 Å². The van der Waals surface area contributed by atoms with Gasteiger partial charge in [-0.15, -0.1) is 11.3 Å². The number of piperidine rings is 1. The molecule has 0 bridgehead atoms. The van der Waals surface area contributed by atoms with E-state index >= 15 is 0 Å². The zero-order valence-electron chi connectivity index (χ0n) is 10.5. The minimum atomic E-state index is -0.991. The molecule has 1 N–H and O–H groups in total. The zero-order valence-corrected chi connectivity index (χ0v) is 11.3. The van der Waals surface area contributed by atoms with E-state index in [0.717, 1.165) is 30.8 Å². The number of amides is 1. The first-order valence-electron chi connectivity index (χ1n) is 6.07. The lowest BCUT2D eigenvalue weighted by Crippen LogP contribution is -2.49. The van der Waals surface area contributed by atoms with Gasteiger partial charge in [0.25, 0.3) is 0 Å². The van der Waals surface area contributed by atoms with Crippen molar-refractivity contribution < 1.29 is 4.79 Å². The molecule has 0 unspecified atom stereocenters. The molecule has 0 atom stereocenters. The highest BCUT2D eigenvalue weighted by Gasteiger charge is 2.30. The average molecular weight is 259 g/mol. The third-order valence-electron chi connectivity index (χ3n) is 3.06. The maximum Gasteiger partial charge on any atom is 0.223 e. The lowest BCUT2D eigenvalue weighted by molar-refractivity contribution is -0.114. The van der Waals surface area contributed by atoms with Gasteiger partial charge < -0.3 is 10.2 Å². The first-order chi connectivity index (χ1) is 8.50. The molecule has 0 aromatic carbocycles. The Hall–Kier alpha value is -0.810. The molecule has 0 aliphatic carbocycles. The van der Waals surface area contributed by atoms with E-state index in [2.05, 4.69) is 15.2 Å². The number of anilines is 1. The van der Waals surface area contributed by atoms with Crippen molar-refractivity contribution in [3.8, 4) is 0 Å². The summed E-state index contributed by atoms with van der Waals surface area (Å²) < 4.78 is 0. The molecule has 2 heterocycles. The quantitative estimate of drug-likeness (QED) is 0.824. The van der Waals surface area contributed by atoms with Crippen LogP contribution in [0.2, 0.25) is 0 Å². The van der Waals surface area contributed by atoms with Gasteiger partial charge >= 0.3 is 0 Å². The number of hydrogen-bond donors (Lipinski definition) is 1. The number of nitrogens with zero attached hydrogens (tertiary/aromatic N) is 2. The van der Waals surface area contributed by atoms with Crippen molar-refractivity contribution in [2.24, 2.45) is 0 Å². The van der Waals surface area contributed by atoms with Crippen molar-refractivity contribution in [2.45, 2.75) is 31.5 Å². The zero-order chi connectivity index (χ0) is 13.2. The Morgan fingerprint density at radius 2 is 2.11 bits per heavy atom. The summed E-state index contributed by atoms with van der Waals surface area (Å²) in [7, 11) is 12.4. The summed E-state index contributed by atoms with van der Waals surface area (Å²) in [6.07, 6.45) is 5.11. The molecule has 1 aromatic rings. The molecule has 2 rings (SSSR count). The fourth-order valence-electron chi connectivity index (χ4n) is 2.09. The van der Waals surface area contributed by atoms with Gasteiger partial charge in [0.05, 0.1) is 15.7 Å². The average Bonchev–Trinajstić information content (AvgIpc) is 2.78. The van der Waals surface area contributed by atoms with Crippen LogP contribution in [0.1, 0.15) is 31.1 Å². The summed E-state index contributed by atoms with van der Waals surface area (Å²) in [5, 5.41) is 2.18. The molecule has 92 valence electrons. The van der Waals surface area contributed by atoms with Crippen molar-refractivity contribution in [1.82, 2.24) is 9.88 Å². The number of hydrogen-bond acceptors (Lipinski definition) is 4. The molecule has 0 saturated carbocycles. The number of carbonyl (C=O) groups is 1. The van der Waals surface area contributed by atoms with Crippen LogP contribution in [0.25, 0.3) is 0 Å². The van der Waals surface area contributed by atoms with Crippen LogP contribution in [0.15, 0.2) is 6.20 Å². The number of nitrogens with one attached hydrogen (secondary N) is 1. The van der Waals surface area contributed by atoms with Gasteiger partial charge in [0.15, 0.2) is 5.13 Å². The number of aromatic nitrogens is 1. The predicted octanol–water partition coefficient (Wildman–Crippen LogP) is 1.03. The minimum absolute atomic E-state index is 0.145. The lowest BCUT2D eigenvalue weighted by atomic mass is 9.59. The second-order valence-corrected chi connectivity index (χ2v) is 5.61. The summed E-state index contributed by atoms with van der Waals surface area (Å²) in [5.74, 6) is -0.145. The van der Waals surface area contributed by atoms with E-state index in [-0.39, 0.29) is 5.91 Å². The van der Waals surface area contributed by atoms with Crippen molar-refractivity contribution >= 4 is 38.1 Å². The molecular formula is C11H15B2N3OS. The number of likely N-dealkylation sites (tertiary alicyclic amines) is 1. The third kappa shape index (κ3) is 2.95. The van der Waals surface area contributed by atoms with E-state index in [1.807, 2.05) is 0 Å². The van der Waals surface area contributed by atoms with Crippen molar-refractivity contribution in [1.29, 1.82) is 0 Å². The second-order valence-electron chi connectivity index (χ2n) is 4.58. The highest BCUT2D eigenvalue weighted by atomic mass is 32.1. The maximum atomic E-state index is 11.0. The van der Waals surface area contributed by atoms with E-state index in [1.165, 1.54) is 24.7 Å². The predicted molar refractivity (Wildman–Crippen MR) is 75.0 cm³/mol. The van der Waals surface area contributed by atoms with Crippen LogP contribution in [-0.2, 0) is 10.1 Å². The monoisotopic (exact) mass is 259 g/mol. The standard InChI is InChI=1S/C11H15B2N3OS/c1-8(17)15-10-14-7-9(18-10)11(12,13)16-5-3-2-4-6-16/h7H,2-6H2,1H3,(H,14,15,17). The largest absolute Gasteiger partial charge is 0.310 e. The minimum Gasteiger partial charge on any atom is -0.310 e. The summed E-state index contributed by atoms with van der Waals surface area (Å²) >= 11 is 1.33. The number of thiazole rings is 1. The first-order valence-corrected chi connectivity index (χ1v) is 6.88. The van der Waals surface area contributed by atoms with Gasteiger partial charge in [-0.3, -0.25) is 4.79 Å². The number of carbonyl (C=O) groups excluding carboxylic acids is 1. The fourth-order valence-corrected chi connectivity index (χ4v) is 2.99. The highest BCUT2D eigenvalue weighted by molar-refractivity contribution is 7.16. The van der Waals surface area contributed by atoms with Crippen LogP contribution in [-0.4, -0.2) is 44.6 Å². The number of rotatable bonds is 3. The summed E-state index contributed by atoms with van der Waals surface area (Å²) in [5.41, 5.74) is 0. The van der Waals surface area contributed by atoms with Crippen LogP contribution in [0.3, 0.4) is 0 Å². The summed E-state index contributed by atoms with van der Waals surface area (Å²) in [4.78, 5) is 17.9. The van der Waals surface area contributed by atoms with Crippen LogP contribution in [0.4, 0.5) is 5.13 Å². The van der Waals surface area contributed by atoms with Gasteiger partial charge in [0.1, 0.15) is 0 Å². The van der Waals surface area contributed by atoms with Crippen LogP contribution in [0.5, 0.6) is 0 Å². The van der Waals surface area contributed by atoms with E-state index in [9.17, 15) is 4.79 Å². The topological polar surface area (TPSA) is 45.2 Å². The molecular weight excluding hydrogens is 244 g/mol.